The van der Waals surface area contributed by atoms with Crippen molar-refractivity contribution in [1.29, 1.82) is 0 Å². The molecule has 0 spiro atoms. The Morgan fingerprint density at radius 3 is 2.17 bits per heavy atom. The van der Waals surface area contributed by atoms with Crippen molar-refractivity contribution in [3.63, 3.8) is 0 Å². The average molecular weight is 536 g/mol. The molecule has 0 saturated heterocycles. The van der Waals surface area contributed by atoms with Gasteiger partial charge in [0.25, 0.3) is 0 Å². The minimum absolute atomic E-state index is 0.849. The zero-order valence-electron chi connectivity index (χ0n) is 17.7. The number of amidine groups is 2. The maximum atomic E-state index is 5.26. The van der Waals surface area contributed by atoms with Crippen molar-refractivity contribution in [2.45, 2.75) is 26.7 Å². The van der Waals surface area contributed by atoms with Crippen LogP contribution in [0, 0.1) is 13.8 Å². The van der Waals surface area contributed by atoms with Gasteiger partial charge in [-0.1, -0.05) is 44.0 Å². The molecule has 2 heterocycles. The van der Waals surface area contributed by atoms with Crippen LogP contribution in [-0.4, -0.2) is 45.0 Å². The molecule has 0 radical (unpaired) electrons. The van der Waals surface area contributed by atoms with E-state index in [1.165, 1.54) is 26.7 Å². The summed E-state index contributed by atoms with van der Waals surface area (Å²) < 4.78 is 7.52. The lowest BCUT2D eigenvalue weighted by atomic mass is 10.0. The minimum atomic E-state index is 0.849. The minimum Gasteiger partial charge on any atom is -0.497 e. The monoisotopic (exact) mass is 534 g/mol. The van der Waals surface area contributed by atoms with Crippen molar-refractivity contribution in [1.82, 2.24) is 10.6 Å². The van der Waals surface area contributed by atoms with Crippen molar-refractivity contribution < 1.29 is 4.74 Å². The third-order valence-corrected chi connectivity index (χ3v) is 6.77. The molecule has 0 unspecified atom stereocenters. The van der Waals surface area contributed by atoms with E-state index in [4.69, 9.17) is 4.74 Å². The lowest BCUT2D eigenvalue weighted by molar-refractivity contribution is 0.414. The highest BCUT2D eigenvalue weighted by Gasteiger charge is 2.11. The second kappa shape index (κ2) is 11.0. The van der Waals surface area contributed by atoms with E-state index in [0.717, 1.165) is 60.9 Å². The molecule has 0 bridgehead atoms. The second-order valence-electron chi connectivity index (χ2n) is 7.29. The zero-order valence-corrected chi connectivity index (χ0v) is 20.9. The number of benzene rings is 2. The maximum absolute atomic E-state index is 5.26. The number of nitrogens with zero attached hydrogens (tertiary/aromatic N) is 2. The molecule has 0 aliphatic carbocycles. The van der Waals surface area contributed by atoms with Crippen LogP contribution in [0.3, 0.4) is 0 Å². The Morgan fingerprint density at radius 2 is 1.60 bits per heavy atom. The molecule has 0 amide bonds. The van der Waals surface area contributed by atoms with Crippen LogP contribution in [0.2, 0.25) is 0 Å². The molecule has 2 aromatic carbocycles. The highest BCUT2D eigenvalue weighted by molar-refractivity contribution is 9.10. The summed E-state index contributed by atoms with van der Waals surface area (Å²) >= 11 is 7.12. The number of hydrogen-bond acceptors (Lipinski definition) is 5. The van der Waals surface area contributed by atoms with Crippen LogP contribution in [0.25, 0.3) is 0 Å². The van der Waals surface area contributed by atoms with Gasteiger partial charge in [0.15, 0.2) is 0 Å². The first-order chi connectivity index (χ1) is 14.5. The van der Waals surface area contributed by atoms with Crippen LogP contribution in [0.5, 0.6) is 5.75 Å². The molecule has 0 fully saturated rings. The van der Waals surface area contributed by atoms with Crippen molar-refractivity contribution in [2.24, 2.45) is 9.98 Å². The third kappa shape index (κ3) is 6.08. The number of hydrogen-bond donors (Lipinski definition) is 2. The van der Waals surface area contributed by atoms with Gasteiger partial charge in [-0.25, -0.2) is 0 Å². The Balaban J connectivity index is 0.000000172. The fraction of sp³-hybridized carbons (Fsp3) is 0.391. The van der Waals surface area contributed by atoms with Gasteiger partial charge in [0, 0.05) is 34.9 Å². The number of halogens is 2. The smallest absolute Gasteiger partial charge is 0.120 e. The number of aliphatic imine (C=N–C) groups is 2. The molecule has 4 rings (SSSR count). The fourth-order valence-electron chi connectivity index (χ4n) is 3.38. The van der Waals surface area contributed by atoms with E-state index in [1.807, 2.05) is 6.07 Å². The van der Waals surface area contributed by atoms with E-state index in [-0.39, 0.29) is 0 Å². The molecule has 30 heavy (non-hydrogen) atoms. The summed E-state index contributed by atoms with van der Waals surface area (Å²) in [5.74, 6) is 3.06. The topological polar surface area (TPSA) is 58.0 Å². The predicted molar refractivity (Wildman–Crippen MR) is 132 cm³/mol. The third-order valence-electron chi connectivity index (χ3n) is 5.20. The number of aryl methyl sites for hydroxylation is 1. The molecule has 0 aromatic heterocycles. The summed E-state index contributed by atoms with van der Waals surface area (Å²) in [6, 6.07) is 10.3. The first-order valence-corrected chi connectivity index (χ1v) is 11.7. The van der Waals surface area contributed by atoms with E-state index in [2.05, 4.69) is 90.6 Å². The van der Waals surface area contributed by atoms with Crippen molar-refractivity contribution >= 4 is 43.5 Å². The van der Waals surface area contributed by atoms with Crippen molar-refractivity contribution in [3.8, 4) is 5.75 Å². The molecule has 160 valence electrons. The van der Waals surface area contributed by atoms with Crippen LogP contribution in [-0.2, 0) is 12.8 Å². The van der Waals surface area contributed by atoms with Gasteiger partial charge in [0.1, 0.15) is 17.4 Å². The Bertz CT molecular complexity index is 936. The summed E-state index contributed by atoms with van der Waals surface area (Å²) in [5, 5.41) is 6.57. The van der Waals surface area contributed by atoms with E-state index in [1.54, 1.807) is 7.11 Å². The molecular formula is C23H28Br2N4O. The molecule has 2 aliphatic heterocycles. The Hall–Kier alpha value is -1.86. The fourth-order valence-corrected chi connectivity index (χ4v) is 4.46. The van der Waals surface area contributed by atoms with E-state index < -0.39 is 0 Å². The maximum Gasteiger partial charge on any atom is 0.120 e. The quantitative estimate of drug-likeness (QED) is 0.587. The Morgan fingerprint density at radius 1 is 0.933 bits per heavy atom. The SMILES string of the molecule is COc1cc(Br)c(C)c(CC2=NCCN2)c1.Cc1cccc(Br)c1CC1=NCCN1. The standard InChI is InChI=1S/C12H15BrN2O.C11H13BrN2/c1-8-9(6-12-14-3-4-15-12)5-10(16-2)7-11(8)13;1-8-3-2-4-10(12)9(8)7-11-13-5-6-14-11/h5,7H,3-4,6H2,1-2H3,(H,14,15);2-4H,5-7H2,1H3,(H,13,14). The van der Waals surface area contributed by atoms with E-state index >= 15 is 0 Å². The van der Waals surface area contributed by atoms with Crippen molar-refractivity contribution in [3.05, 3.63) is 61.5 Å². The van der Waals surface area contributed by atoms with E-state index in [0.29, 0.717) is 0 Å². The highest BCUT2D eigenvalue weighted by atomic mass is 79.9. The largest absolute Gasteiger partial charge is 0.497 e. The molecule has 0 atom stereocenters. The Labute approximate surface area is 195 Å². The van der Waals surface area contributed by atoms with Gasteiger partial charge in [-0.3, -0.25) is 9.98 Å². The van der Waals surface area contributed by atoms with Crippen molar-refractivity contribution in [2.75, 3.05) is 33.3 Å². The predicted octanol–water partition coefficient (Wildman–Crippen LogP) is 4.61. The number of nitrogens with one attached hydrogen (secondary N) is 2. The number of ether oxygens (including phenoxy) is 1. The zero-order chi connectivity index (χ0) is 21.5. The van der Waals surface area contributed by atoms with Gasteiger partial charge in [-0.2, -0.15) is 0 Å². The van der Waals surface area contributed by atoms with Crippen LogP contribution in [0.1, 0.15) is 22.3 Å². The average Bonchev–Trinajstić information content (AvgIpc) is 3.43. The lowest BCUT2D eigenvalue weighted by Gasteiger charge is -2.11. The molecule has 2 N–H and O–H groups in total. The number of methoxy groups -OCH3 is 1. The van der Waals surface area contributed by atoms with Crippen LogP contribution in [0.4, 0.5) is 0 Å². The molecule has 5 nitrogen and oxygen atoms in total. The van der Waals surface area contributed by atoms with Gasteiger partial charge in [-0.15, -0.1) is 0 Å². The van der Waals surface area contributed by atoms with Gasteiger partial charge in [0.2, 0.25) is 0 Å². The number of rotatable bonds is 5. The molecular weight excluding hydrogens is 508 g/mol. The molecule has 7 heteroatoms. The van der Waals surface area contributed by atoms with E-state index in [9.17, 15) is 0 Å². The molecule has 2 aromatic rings. The summed E-state index contributed by atoms with van der Waals surface area (Å²) in [4.78, 5) is 8.80. The van der Waals surface area contributed by atoms with Crippen LogP contribution in [0.15, 0.2) is 49.3 Å². The lowest BCUT2D eigenvalue weighted by Crippen LogP contribution is -2.21. The Kier molecular flexibility index (Phi) is 8.33. The summed E-state index contributed by atoms with van der Waals surface area (Å²) in [6.45, 7) is 7.99. The highest BCUT2D eigenvalue weighted by Crippen LogP contribution is 2.27. The summed E-state index contributed by atoms with van der Waals surface area (Å²) in [5.41, 5.74) is 5.15. The van der Waals surface area contributed by atoms with Crippen LogP contribution < -0.4 is 15.4 Å². The van der Waals surface area contributed by atoms with Gasteiger partial charge < -0.3 is 15.4 Å². The second-order valence-corrected chi connectivity index (χ2v) is 9.00. The normalized spacial score (nSPS) is 14.8. The first-order valence-electron chi connectivity index (χ1n) is 10.1. The van der Waals surface area contributed by atoms with Gasteiger partial charge >= 0.3 is 0 Å². The molecule has 2 aliphatic rings. The first kappa shape index (κ1) is 22.8. The van der Waals surface area contributed by atoms with Crippen LogP contribution >= 0.6 is 31.9 Å². The summed E-state index contributed by atoms with van der Waals surface area (Å²) in [6.07, 6.45) is 1.76. The van der Waals surface area contributed by atoms with Gasteiger partial charge in [0.05, 0.1) is 20.2 Å². The summed E-state index contributed by atoms with van der Waals surface area (Å²) in [7, 11) is 1.69. The van der Waals surface area contributed by atoms with Gasteiger partial charge in [-0.05, 0) is 54.3 Å². The molecule has 0 saturated carbocycles.